The van der Waals surface area contributed by atoms with Crippen molar-refractivity contribution in [1.82, 2.24) is 4.57 Å². The Bertz CT molecular complexity index is 490. The standard InChI is InChI=1S/C18H34BrNO4Si/c1-12(2)11-13-15(24-14(9-10-19)17(22)23-6)16(21)20(13)25(7,8)18(3,4)5/h12-15H,9-11H2,1-8H3/t13-,14-,15-/m0/s1. The molecule has 1 aliphatic heterocycles. The minimum absolute atomic E-state index is 0.0284. The van der Waals surface area contributed by atoms with E-state index in [-0.39, 0.29) is 17.0 Å². The summed E-state index contributed by atoms with van der Waals surface area (Å²) in [7, 11) is -0.633. The van der Waals surface area contributed by atoms with E-state index in [2.05, 4.69) is 68.2 Å². The summed E-state index contributed by atoms with van der Waals surface area (Å²) >= 11 is 3.34. The van der Waals surface area contributed by atoms with E-state index < -0.39 is 26.4 Å². The van der Waals surface area contributed by atoms with Crippen LogP contribution < -0.4 is 0 Å². The molecule has 3 atom stereocenters. The summed E-state index contributed by atoms with van der Waals surface area (Å²) in [5.41, 5.74) is 0. The lowest BCUT2D eigenvalue weighted by Crippen LogP contribution is -2.76. The maximum absolute atomic E-state index is 13.0. The average Bonchev–Trinajstić information content (AvgIpc) is 2.48. The lowest BCUT2D eigenvalue weighted by atomic mass is 9.92. The third-order valence-corrected chi connectivity index (χ3v) is 11.3. The molecule has 0 bridgehead atoms. The van der Waals surface area contributed by atoms with E-state index in [0.29, 0.717) is 17.7 Å². The summed E-state index contributed by atoms with van der Waals surface area (Å²) in [6, 6.07) is 0.0378. The van der Waals surface area contributed by atoms with Gasteiger partial charge in [-0.05, 0) is 23.8 Å². The summed E-state index contributed by atoms with van der Waals surface area (Å²) in [4.78, 5) is 24.9. The number of methoxy groups -OCH3 is 1. The van der Waals surface area contributed by atoms with Gasteiger partial charge in [0.2, 0.25) is 5.91 Å². The molecule has 7 heteroatoms. The van der Waals surface area contributed by atoms with Crippen LogP contribution in [0.3, 0.4) is 0 Å². The zero-order chi connectivity index (χ0) is 19.6. The molecule has 1 amide bonds. The summed E-state index contributed by atoms with van der Waals surface area (Å²) < 4.78 is 12.9. The molecule has 1 heterocycles. The largest absolute Gasteiger partial charge is 0.467 e. The van der Waals surface area contributed by atoms with Gasteiger partial charge in [0.1, 0.15) is 0 Å². The molecule has 0 radical (unpaired) electrons. The van der Waals surface area contributed by atoms with Gasteiger partial charge in [-0.15, -0.1) is 0 Å². The first-order chi connectivity index (χ1) is 11.4. The molecule has 0 aromatic heterocycles. The Kier molecular flexibility index (Phi) is 7.72. The van der Waals surface area contributed by atoms with Gasteiger partial charge >= 0.3 is 5.97 Å². The molecule has 0 aliphatic carbocycles. The van der Waals surface area contributed by atoms with Crippen LogP contribution in [0.15, 0.2) is 0 Å². The molecule has 0 unspecified atom stereocenters. The number of hydrogen-bond donors (Lipinski definition) is 0. The highest BCUT2D eigenvalue weighted by Crippen LogP contribution is 2.45. The van der Waals surface area contributed by atoms with Crippen molar-refractivity contribution in [3.63, 3.8) is 0 Å². The second-order valence-corrected chi connectivity index (χ2v) is 14.7. The molecule has 5 nitrogen and oxygen atoms in total. The molecule has 0 spiro atoms. The molecule has 1 saturated heterocycles. The lowest BCUT2D eigenvalue weighted by molar-refractivity contribution is -0.182. The number of ether oxygens (including phenoxy) is 2. The van der Waals surface area contributed by atoms with Crippen LogP contribution >= 0.6 is 15.9 Å². The fourth-order valence-electron chi connectivity index (χ4n) is 3.08. The van der Waals surface area contributed by atoms with Crippen molar-refractivity contribution in [2.24, 2.45) is 5.92 Å². The number of carbonyl (C=O) groups is 2. The first kappa shape index (κ1) is 22.6. The average molecular weight is 436 g/mol. The van der Waals surface area contributed by atoms with Crippen LogP contribution in [0, 0.1) is 5.92 Å². The SMILES string of the molecule is COC(=O)[C@H](CCBr)O[C@@H]1C(=O)N([Si](C)(C)C(C)(C)C)[C@H]1CC(C)C. The zero-order valence-electron chi connectivity index (χ0n) is 16.9. The Morgan fingerprint density at radius 1 is 1.32 bits per heavy atom. The van der Waals surface area contributed by atoms with Crippen LogP contribution in [0.1, 0.15) is 47.5 Å². The fourth-order valence-corrected chi connectivity index (χ4v) is 5.97. The van der Waals surface area contributed by atoms with Gasteiger partial charge in [0, 0.05) is 5.33 Å². The minimum atomic E-state index is -1.98. The van der Waals surface area contributed by atoms with Gasteiger partial charge in [0.15, 0.2) is 20.4 Å². The molecule has 1 fully saturated rings. The highest BCUT2D eigenvalue weighted by Gasteiger charge is 2.58. The maximum Gasteiger partial charge on any atom is 0.335 e. The topological polar surface area (TPSA) is 55.8 Å². The molecule has 0 saturated carbocycles. The molecule has 25 heavy (non-hydrogen) atoms. The molecule has 0 aromatic carbocycles. The molecule has 146 valence electrons. The monoisotopic (exact) mass is 435 g/mol. The van der Waals surface area contributed by atoms with E-state index in [1.807, 2.05) is 0 Å². The van der Waals surface area contributed by atoms with Crippen LogP contribution in [-0.4, -0.2) is 55.4 Å². The van der Waals surface area contributed by atoms with Gasteiger partial charge < -0.3 is 14.0 Å². The Morgan fingerprint density at radius 3 is 2.28 bits per heavy atom. The van der Waals surface area contributed by atoms with Gasteiger partial charge in [0.25, 0.3) is 0 Å². The Morgan fingerprint density at radius 2 is 1.88 bits per heavy atom. The van der Waals surface area contributed by atoms with Crippen molar-refractivity contribution >= 4 is 36.0 Å². The van der Waals surface area contributed by atoms with E-state index in [4.69, 9.17) is 9.47 Å². The lowest BCUT2D eigenvalue weighted by Gasteiger charge is -2.58. The first-order valence-electron chi connectivity index (χ1n) is 9.00. The van der Waals surface area contributed by atoms with Crippen LogP contribution in [0.5, 0.6) is 0 Å². The highest BCUT2D eigenvalue weighted by molar-refractivity contribution is 9.09. The summed E-state index contributed by atoms with van der Waals surface area (Å²) in [6.45, 7) is 15.4. The molecule has 0 aromatic rings. The van der Waals surface area contributed by atoms with Crippen molar-refractivity contribution in [3.8, 4) is 0 Å². The van der Waals surface area contributed by atoms with Crippen molar-refractivity contribution in [2.45, 2.75) is 83.8 Å². The van der Waals surface area contributed by atoms with Crippen molar-refractivity contribution in [1.29, 1.82) is 0 Å². The second-order valence-electron chi connectivity index (χ2n) is 8.76. The summed E-state index contributed by atoms with van der Waals surface area (Å²) in [6.07, 6.45) is 0.130. The number of halogens is 1. The maximum atomic E-state index is 13.0. The molecular weight excluding hydrogens is 402 g/mol. The van der Waals surface area contributed by atoms with Crippen LogP contribution in [0.25, 0.3) is 0 Å². The normalized spacial score (nSPS) is 22.8. The van der Waals surface area contributed by atoms with Crippen molar-refractivity contribution < 1.29 is 19.1 Å². The van der Waals surface area contributed by atoms with Gasteiger partial charge in [-0.25, -0.2) is 4.79 Å². The van der Waals surface area contributed by atoms with E-state index >= 15 is 0 Å². The van der Waals surface area contributed by atoms with Gasteiger partial charge in [-0.3, -0.25) is 4.79 Å². The number of amides is 1. The predicted molar refractivity (Wildman–Crippen MR) is 106 cm³/mol. The molecular formula is C18H34BrNO4Si. The van der Waals surface area contributed by atoms with Crippen molar-refractivity contribution in [2.75, 3.05) is 12.4 Å². The van der Waals surface area contributed by atoms with Gasteiger partial charge in [-0.1, -0.05) is 63.6 Å². The quantitative estimate of drug-likeness (QED) is 0.250. The van der Waals surface area contributed by atoms with Crippen molar-refractivity contribution in [3.05, 3.63) is 0 Å². The number of carbonyl (C=O) groups excluding carboxylic acids is 2. The minimum Gasteiger partial charge on any atom is -0.467 e. The number of rotatable bonds is 8. The first-order valence-corrected chi connectivity index (χ1v) is 13.1. The van der Waals surface area contributed by atoms with E-state index in [0.717, 1.165) is 6.42 Å². The van der Waals surface area contributed by atoms with Gasteiger partial charge in [0.05, 0.1) is 13.2 Å². The Labute approximate surface area is 162 Å². The van der Waals surface area contributed by atoms with Crippen LogP contribution in [-0.2, 0) is 19.1 Å². The number of hydrogen-bond acceptors (Lipinski definition) is 4. The number of nitrogens with zero attached hydrogens (tertiary/aromatic N) is 1. The number of esters is 1. The predicted octanol–water partition coefficient (Wildman–Crippen LogP) is 3.96. The fraction of sp³-hybridized carbons (Fsp3) is 0.889. The van der Waals surface area contributed by atoms with Crippen LogP contribution in [0.2, 0.25) is 18.1 Å². The van der Waals surface area contributed by atoms with Gasteiger partial charge in [-0.2, -0.15) is 0 Å². The van der Waals surface area contributed by atoms with E-state index in [9.17, 15) is 9.59 Å². The number of β-lactam (4-membered cyclic amide) rings is 1. The summed E-state index contributed by atoms with van der Waals surface area (Å²) in [5.74, 6) is 0.0614. The highest BCUT2D eigenvalue weighted by atomic mass is 79.9. The molecule has 1 rings (SSSR count). The number of alkyl halides is 1. The second kappa shape index (κ2) is 8.52. The molecule has 0 N–H and O–H groups in total. The van der Waals surface area contributed by atoms with E-state index in [1.165, 1.54) is 7.11 Å². The van der Waals surface area contributed by atoms with E-state index in [1.54, 1.807) is 0 Å². The third kappa shape index (κ3) is 4.86. The molecule has 1 aliphatic rings. The zero-order valence-corrected chi connectivity index (χ0v) is 19.5. The Hall–Kier alpha value is -0.403. The Balaban J connectivity index is 3.05. The van der Waals surface area contributed by atoms with Crippen LogP contribution in [0.4, 0.5) is 0 Å². The summed E-state index contributed by atoms with van der Waals surface area (Å²) in [5, 5.41) is 0.689. The third-order valence-electron chi connectivity index (χ3n) is 5.46. The smallest absolute Gasteiger partial charge is 0.335 e.